The normalized spacial score (nSPS) is 25.0. The minimum atomic E-state index is -0.801. The second-order valence-electron chi connectivity index (χ2n) is 8.73. The Kier molecular flexibility index (Phi) is 5.72. The molecule has 1 saturated carbocycles. The Labute approximate surface area is 167 Å². The largest absolute Gasteiger partial charge is 0.381 e. The van der Waals surface area contributed by atoms with Gasteiger partial charge in [-0.3, -0.25) is 9.59 Å². The SMILES string of the molecule is O=C(CCCc1ccccc1)N1CCC(N2C(=O)C(O)C23CCCCC3)CC1. The van der Waals surface area contributed by atoms with Gasteiger partial charge >= 0.3 is 0 Å². The van der Waals surface area contributed by atoms with Crippen LogP contribution in [0.4, 0.5) is 0 Å². The number of β-lactam (4-membered cyclic amide) rings is 1. The number of aryl methyl sites for hydroxylation is 1. The third-order valence-electron chi connectivity index (χ3n) is 7.06. The summed E-state index contributed by atoms with van der Waals surface area (Å²) in [6.07, 6.45) is 8.53. The number of piperidine rings is 1. The highest BCUT2D eigenvalue weighted by Crippen LogP contribution is 2.46. The third kappa shape index (κ3) is 3.57. The smallest absolute Gasteiger partial charge is 0.254 e. The van der Waals surface area contributed by atoms with Gasteiger partial charge in [-0.25, -0.2) is 0 Å². The number of hydrogen-bond acceptors (Lipinski definition) is 3. The van der Waals surface area contributed by atoms with E-state index in [0.29, 0.717) is 6.42 Å². The summed E-state index contributed by atoms with van der Waals surface area (Å²) in [4.78, 5) is 29.0. The molecule has 2 saturated heterocycles. The molecule has 5 heteroatoms. The summed E-state index contributed by atoms with van der Waals surface area (Å²) in [5.41, 5.74) is 0.976. The molecule has 0 aromatic heterocycles. The fraction of sp³-hybridized carbons (Fsp3) is 0.652. The van der Waals surface area contributed by atoms with Gasteiger partial charge in [-0.05, 0) is 44.1 Å². The molecule has 4 rings (SSSR count). The highest BCUT2D eigenvalue weighted by atomic mass is 16.3. The van der Waals surface area contributed by atoms with E-state index in [1.165, 1.54) is 12.0 Å². The molecule has 2 aliphatic heterocycles. The average molecular weight is 385 g/mol. The van der Waals surface area contributed by atoms with Crippen molar-refractivity contribution in [3.8, 4) is 0 Å². The van der Waals surface area contributed by atoms with Gasteiger partial charge in [-0.2, -0.15) is 0 Å². The molecule has 152 valence electrons. The minimum absolute atomic E-state index is 0.0884. The third-order valence-corrected chi connectivity index (χ3v) is 7.06. The average Bonchev–Trinajstić information content (AvgIpc) is 2.75. The van der Waals surface area contributed by atoms with E-state index >= 15 is 0 Å². The van der Waals surface area contributed by atoms with E-state index in [1.807, 2.05) is 28.0 Å². The molecule has 3 fully saturated rings. The van der Waals surface area contributed by atoms with Crippen molar-refractivity contribution < 1.29 is 14.7 Å². The van der Waals surface area contributed by atoms with Crippen molar-refractivity contribution in [1.82, 2.24) is 9.80 Å². The predicted molar refractivity (Wildman–Crippen MR) is 108 cm³/mol. The summed E-state index contributed by atoms with van der Waals surface area (Å²) in [6.45, 7) is 1.45. The Morgan fingerprint density at radius 3 is 2.43 bits per heavy atom. The molecule has 28 heavy (non-hydrogen) atoms. The zero-order valence-electron chi connectivity index (χ0n) is 16.7. The number of aliphatic hydroxyl groups excluding tert-OH is 1. The number of hydrogen-bond donors (Lipinski definition) is 1. The summed E-state index contributed by atoms with van der Waals surface area (Å²) in [7, 11) is 0. The lowest BCUT2D eigenvalue weighted by atomic mass is 9.68. The van der Waals surface area contributed by atoms with Gasteiger partial charge in [-0.15, -0.1) is 0 Å². The maximum absolute atomic E-state index is 12.6. The Morgan fingerprint density at radius 1 is 1.07 bits per heavy atom. The lowest BCUT2D eigenvalue weighted by Gasteiger charge is -2.61. The molecule has 1 aliphatic carbocycles. The van der Waals surface area contributed by atoms with Crippen molar-refractivity contribution in [2.45, 2.75) is 81.9 Å². The number of amides is 2. The molecular formula is C23H32N2O3. The standard InChI is InChI=1S/C23H32N2O3/c26-20(11-7-10-18-8-3-1-4-9-18)24-16-12-19(13-17-24)25-22(28)21(27)23(25)14-5-2-6-15-23/h1,3-4,8-9,19,21,27H,2,5-7,10-17H2. The summed E-state index contributed by atoms with van der Waals surface area (Å²) >= 11 is 0. The topological polar surface area (TPSA) is 60.9 Å². The molecule has 1 N–H and O–H groups in total. The summed E-state index contributed by atoms with van der Waals surface area (Å²) in [6, 6.07) is 10.5. The molecule has 0 radical (unpaired) electrons. The number of carbonyl (C=O) groups is 2. The van der Waals surface area contributed by atoms with Crippen molar-refractivity contribution in [3.63, 3.8) is 0 Å². The monoisotopic (exact) mass is 384 g/mol. The maximum Gasteiger partial charge on any atom is 0.254 e. The summed E-state index contributed by atoms with van der Waals surface area (Å²) in [5, 5.41) is 10.4. The van der Waals surface area contributed by atoms with Crippen LogP contribution in [0.15, 0.2) is 30.3 Å². The van der Waals surface area contributed by atoms with Gasteiger partial charge in [0.1, 0.15) is 0 Å². The van der Waals surface area contributed by atoms with Crippen LogP contribution in [0.3, 0.4) is 0 Å². The van der Waals surface area contributed by atoms with Gasteiger partial charge in [0.25, 0.3) is 5.91 Å². The molecule has 1 aromatic carbocycles. The molecule has 3 aliphatic rings. The van der Waals surface area contributed by atoms with E-state index in [4.69, 9.17) is 0 Å². The first-order chi connectivity index (χ1) is 13.6. The molecule has 1 aromatic rings. The Balaban J connectivity index is 1.26. The van der Waals surface area contributed by atoms with Gasteiger partial charge in [0.2, 0.25) is 5.91 Å². The van der Waals surface area contributed by atoms with Crippen molar-refractivity contribution in [2.24, 2.45) is 0 Å². The zero-order valence-corrected chi connectivity index (χ0v) is 16.7. The molecule has 2 heterocycles. The van der Waals surface area contributed by atoms with Crippen molar-refractivity contribution >= 4 is 11.8 Å². The Morgan fingerprint density at radius 2 is 1.75 bits per heavy atom. The van der Waals surface area contributed by atoms with Gasteiger partial charge in [0, 0.05) is 25.6 Å². The molecule has 1 unspecified atom stereocenters. The van der Waals surface area contributed by atoms with Crippen LogP contribution in [0.1, 0.15) is 63.4 Å². The molecule has 1 spiro atoms. The van der Waals surface area contributed by atoms with E-state index in [0.717, 1.165) is 64.5 Å². The summed E-state index contributed by atoms with van der Waals surface area (Å²) < 4.78 is 0. The number of aliphatic hydroxyl groups is 1. The minimum Gasteiger partial charge on any atom is -0.381 e. The van der Waals surface area contributed by atoms with Crippen LogP contribution < -0.4 is 0 Å². The molecular weight excluding hydrogens is 352 g/mol. The highest BCUT2D eigenvalue weighted by molar-refractivity contribution is 5.90. The highest BCUT2D eigenvalue weighted by Gasteiger charge is 2.61. The second-order valence-corrected chi connectivity index (χ2v) is 8.73. The number of likely N-dealkylation sites (tertiary alicyclic amines) is 2. The summed E-state index contributed by atoms with van der Waals surface area (Å²) in [5.74, 6) is 0.145. The van der Waals surface area contributed by atoms with Gasteiger partial charge in [0.15, 0.2) is 6.10 Å². The Hall–Kier alpha value is -1.88. The zero-order chi connectivity index (χ0) is 19.6. The van der Waals surface area contributed by atoms with Crippen LogP contribution in [-0.4, -0.2) is 57.5 Å². The van der Waals surface area contributed by atoms with E-state index in [1.54, 1.807) is 0 Å². The van der Waals surface area contributed by atoms with Gasteiger partial charge < -0.3 is 14.9 Å². The molecule has 1 atom stereocenters. The van der Waals surface area contributed by atoms with Crippen molar-refractivity contribution in [1.29, 1.82) is 0 Å². The van der Waals surface area contributed by atoms with Crippen LogP contribution in [0.5, 0.6) is 0 Å². The number of nitrogens with zero attached hydrogens (tertiary/aromatic N) is 2. The predicted octanol–water partition coefficient (Wildman–Crippen LogP) is 2.91. The van der Waals surface area contributed by atoms with E-state index in [9.17, 15) is 14.7 Å². The van der Waals surface area contributed by atoms with Crippen LogP contribution in [0.2, 0.25) is 0 Å². The van der Waals surface area contributed by atoms with E-state index in [-0.39, 0.29) is 23.4 Å². The molecule has 5 nitrogen and oxygen atoms in total. The fourth-order valence-electron chi connectivity index (χ4n) is 5.49. The van der Waals surface area contributed by atoms with Gasteiger partial charge in [0.05, 0.1) is 5.54 Å². The first-order valence-corrected chi connectivity index (χ1v) is 10.9. The van der Waals surface area contributed by atoms with Crippen LogP contribution in [0, 0.1) is 0 Å². The first-order valence-electron chi connectivity index (χ1n) is 10.9. The second kappa shape index (κ2) is 8.24. The van der Waals surface area contributed by atoms with Crippen molar-refractivity contribution in [2.75, 3.05) is 13.1 Å². The lowest BCUT2D eigenvalue weighted by molar-refractivity contribution is -0.201. The fourth-order valence-corrected chi connectivity index (χ4v) is 5.49. The van der Waals surface area contributed by atoms with Crippen LogP contribution in [0.25, 0.3) is 0 Å². The quantitative estimate of drug-likeness (QED) is 0.794. The van der Waals surface area contributed by atoms with Crippen LogP contribution >= 0.6 is 0 Å². The van der Waals surface area contributed by atoms with E-state index in [2.05, 4.69) is 12.1 Å². The molecule has 2 amide bonds. The first kappa shape index (κ1) is 19.4. The van der Waals surface area contributed by atoms with E-state index < -0.39 is 6.10 Å². The number of benzene rings is 1. The number of rotatable bonds is 5. The Bertz CT molecular complexity index is 691. The van der Waals surface area contributed by atoms with Crippen molar-refractivity contribution in [3.05, 3.63) is 35.9 Å². The van der Waals surface area contributed by atoms with Gasteiger partial charge in [-0.1, -0.05) is 49.6 Å². The molecule has 0 bridgehead atoms. The maximum atomic E-state index is 12.6. The number of carbonyl (C=O) groups excluding carboxylic acids is 2. The van der Waals surface area contributed by atoms with Crippen LogP contribution in [-0.2, 0) is 16.0 Å². The lowest BCUT2D eigenvalue weighted by Crippen LogP contribution is -2.77.